The van der Waals surface area contributed by atoms with Gasteiger partial charge in [0.05, 0.1) is 58.2 Å². The Morgan fingerprint density at radius 2 is 0.933 bits per heavy atom. The van der Waals surface area contributed by atoms with Crippen molar-refractivity contribution in [1.82, 2.24) is 35.0 Å². The summed E-state index contributed by atoms with van der Waals surface area (Å²) in [5.41, 5.74) is 17.2. The monoisotopic (exact) mass is 1210 g/mol. The summed E-state index contributed by atoms with van der Waals surface area (Å²) in [5.74, 6) is 4.71. The van der Waals surface area contributed by atoms with E-state index in [-0.39, 0.29) is 72.3 Å². The highest BCUT2D eigenvalue weighted by Gasteiger charge is 2.48. The van der Waals surface area contributed by atoms with E-state index in [2.05, 4.69) is 50.6 Å². The van der Waals surface area contributed by atoms with Crippen LogP contribution in [0.25, 0.3) is 45.7 Å². The Bertz CT molecular complexity index is 3730. The summed E-state index contributed by atoms with van der Waals surface area (Å²) in [6.45, 7) is 3.57. The lowest BCUT2D eigenvalue weighted by Crippen LogP contribution is -2.30. The molecule has 6 atom stereocenters. The molecule has 6 N–H and O–H groups in total. The van der Waals surface area contributed by atoms with Gasteiger partial charge in [0.15, 0.2) is 5.84 Å². The number of carboxylic acid groups (broad SMARTS) is 1. The fourth-order valence-electron chi connectivity index (χ4n) is 13.6. The van der Waals surface area contributed by atoms with E-state index in [1.807, 2.05) is 89.8 Å². The lowest BCUT2D eigenvalue weighted by molar-refractivity contribution is -0.130. The number of carbonyl (C=O) groups is 4. The van der Waals surface area contributed by atoms with Crippen LogP contribution in [-0.2, 0) is 33.6 Å². The molecule has 22 nitrogen and oxygen atoms in total. The Morgan fingerprint density at radius 1 is 0.551 bits per heavy atom. The third kappa shape index (κ3) is 12.1. The minimum atomic E-state index is -0.923. The van der Waals surface area contributed by atoms with Crippen molar-refractivity contribution in [2.24, 2.45) is 28.6 Å². The number of carboxylic acids is 1. The van der Waals surface area contributed by atoms with Crippen LogP contribution in [0.3, 0.4) is 0 Å². The van der Waals surface area contributed by atoms with Crippen LogP contribution in [0.2, 0.25) is 0 Å². The normalized spacial score (nSPS) is 19.8. The van der Waals surface area contributed by atoms with Gasteiger partial charge in [0.25, 0.3) is 11.8 Å². The second-order valence-electron chi connectivity index (χ2n) is 22.5. The molecule has 6 aliphatic rings. The van der Waals surface area contributed by atoms with Crippen LogP contribution < -0.4 is 19.9 Å². The van der Waals surface area contributed by atoms with Gasteiger partial charge >= 0.3 is 5.97 Å². The highest BCUT2D eigenvalue weighted by molar-refractivity contribution is 5.99. The third-order valence-electron chi connectivity index (χ3n) is 17.5. The molecule has 3 aliphatic heterocycles. The second-order valence-corrected chi connectivity index (χ2v) is 22.5. The number of nitrogens with zero attached hydrogens (tertiary/aromatic N) is 8. The maximum absolute atomic E-state index is 12.3. The molecule has 5 heterocycles. The number of β-amino-alcohol motifs (C(OH)–C–C–N with tert-alkyl or cyclic N) is 2. The van der Waals surface area contributed by atoms with Crippen molar-refractivity contribution in [3.8, 4) is 62.9 Å². The molecule has 0 saturated carbocycles. The number of benzene rings is 6. The number of amidine groups is 1. The molecule has 0 bridgehead atoms. The first-order valence-corrected chi connectivity index (χ1v) is 29.6. The SMILES string of the molecule is CCCN1C(=O)CC2Cc3c(/C(N)=N/O)cccc3C21.COc1ccc(-c2nc(-c3cccc4c3CC3CC(=O)N(CCO)C43)no2)cc1.COc1ccc(-c2nc(-c3cccc4c3CC3CC(=O)N(CCO)C43)no2)cc1.COc1ccc(C(=O)O)cc1. The number of rotatable bonds is 15. The number of carbonyl (C=O) groups excluding carboxylic acids is 3. The number of aromatic nitrogens is 4. The van der Waals surface area contributed by atoms with Crippen molar-refractivity contribution < 1.29 is 63.0 Å². The number of aromatic carboxylic acids is 1. The molecule has 22 heteroatoms. The zero-order valence-electron chi connectivity index (χ0n) is 49.7. The maximum atomic E-state index is 12.3. The molecule has 0 radical (unpaired) electrons. The summed E-state index contributed by atoms with van der Waals surface area (Å²) in [6, 6.07) is 39.3. The van der Waals surface area contributed by atoms with Crippen molar-refractivity contribution >= 4 is 29.5 Å². The van der Waals surface area contributed by atoms with Gasteiger partial charge in [-0.2, -0.15) is 9.97 Å². The first-order valence-electron chi connectivity index (χ1n) is 29.6. The quantitative estimate of drug-likeness (QED) is 0.0277. The summed E-state index contributed by atoms with van der Waals surface area (Å²) in [5, 5.41) is 47.6. The number of methoxy groups -OCH3 is 3. The van der Waals surface area contributed by atoms with Crippen LogP contribution in [0, 0.1) is 17.8 Å². The highest BCUT2D eigenvalue weighted by atomic mass is 16.5. The van der Waals surface area contributed by atoms with Crippen molar-refractivity contribution in [3.63, 3.8) is 0 Å². The molecule has 3 fully saturated rings. The molecule has 0 spiro atoms. The number of hydrogen-bond donors (Lipinski definition) is 5. The Kier molecular flexibility index (Phi) is 18.1. The van der Waals surface area contributed by atoms with E-state index in [0.717, 1.165) is 88.2 Å². The number of ether oxygens (including phenoxy) is 3. The fraction of sp³-hybridized carbons (Fsp3) is 0.328. The zero-order valence-corrected chi connectivity index (χ0v) is 49.7. The Hall–Kier alpha value is -9.93. The number of nitrogens with two attached hydrogens (primary N) is 1. The van der Waals surface area contributed by atoms with Crippen LogP contribution >= 0.6 is 0 Å². The summed E-state index contributed by atoms with van der Waals surface area (Å²) in [4.78, 5) is 61.9. The van der Waals surface area contributed by atoms with Crippen molar-refractivity contribution in [2.45, 2.75) is 70.0 Å². The van der Waals surface area contributed by atoms with E-state index >= 15 is 0 Å². The molecule has 14 rings (SSSR count). The lowest BCUT2D eigenvalue weighted by Gasteiger charge is -2.24. The van der Waals surface area contributed by atoms with Gasteiger partial charge in [-0.05, 0) is 150 Å². The highest BCUT2D eigenvalue weighted by Crippen LogP contribution is 2.51. The predicted molar refractivity (Wildman–Crippen MR) is 326 cm³/mol. The van der Waals surface area contributed by atoms with Gasteiger partial charge in [0, 0.05) is 66.7 Å². The van der Waals surface area contributed by atoms with Crippen LogP contribution in [0.15, 0.2) is 142 Å². The van der Waals surface area contributed by atoms with E-state index in [1.165, 1.54) is 35.9 Å². The van der Waals surface area contributed by atoms with Gasteiger partial charge in [0.2, 0.25) is 29.4 Å². The Balaban J connectivity index is 0.000000129. The molecule has 3 aliphatic carbocycles. The summed E-state index contributed by atoms with van der Waals surface area (Å²) in [7, 11) is 4.79. The number of amides is 3. The van der Waals surface area contributed by atoms with Crippen LogP contribution in [-0.4, -0.2) is 139 Å². The van der Waals surface area contributed by atoms with Gasteiger partial charge in [-0.25, -0.2) is 4.79 Å². The van der Waals surface area contributed by atoms with E-state index in [1.54, 1.807) is 36.2 Å². The molecule has 6 unspecified atom stereocenters. The topological polar surface area (TPSA) is 303 Å². The minimum absolute atomic E-state index is 0.0255. The molecule has 89 heavy (non-hydrogen) atoms. The zero-order chi connectivity index (χ0) is 62.5. The van der Waals surface area contributed by atoms with E-state index in [0.29, 0.717) is 67.4 Å². The summed E-state index contributed by atoms with van der Waals surface area (Å²) < 4.78 is 26.3. The van der Waals surface area contributed by atoms with Crippen molar-refractivity contribution in [1.29, 1.82) is 0 Å². The van der Waals surface area contributed by atoms with Crippen LogP contribution in [0.4, 0.5) is 0 Å². The number of oxime groups is 1. The van der Waals surface area contributed by atoms with Crippen LogP contribution in [0.1, 0.15) is 100 Å². The standard InChI is InChI=1S/2C22H21N3O4.C15H19N3O2.C8H8O3/c2*1-28-15-7-5-13(6-8-15)22-23-21(24-29-22)17-4-2-3-16-18(17)11-14-12-19(27)25(9-10-26)20(14)16;1-2-6-18-13(19)8-9-7-12-10(14(9)18)4-3-5-11(12)15(16)17-20;1-11-7-4-2-6(3-5-7)8(9)10/h2*2-8,14,20,26H,9-12H2,1H3;3-5,9,14,20H,2,6-8H2,1H3,(H2,16,17);2-5H,1H3,(H,9,10). The molecular weight excluding hydrogens is 1140 g/mol. The molecule has 6 aromatic carbocycles. The first kappa shape index (κ1) is 60.7. The molecule has 8 aromatic rings. The maximum Gasteiger partial charge on any atom is 0.335 e. The Labute approximate surface area is 513 Å². The molecule has 460 valence electrons. The van der Waals surface area contributed by atoms with E-state index in [4.69, 9.17) is 39.3 Å². The number of aliphatic hydroxyl groups excluding tert-OH is 2. The smallest absolute Gasteiger partial charge is 0.335 e. The largest absolute Gasteiger partial charge is 0.497 e. The van der Waals surface area contributed by atoms with Gasteiger partial charge < -0.3 is 64.2 Å². The predicted octanol–water partition coefficient (Wildman–Crippen LogP) is 8.73. The van der Waals surface area contributed by atoms with Crippen LogP contribution in [0.5, 0.6) is 17.2 Å². The fourth-order valence-corrected chi connectivity index (χ4v) is 13.6. The van der Waals surface area contributed by atoms with Gasteiger partial charge in [-0.1, -0.05) is 77.0 Å². The lowest BCUT2D eigenvalue weighted by atomic mass is 10.0. The first-order chi connectivity index (χ1) is 43.3. The minimum Gasteiger partial charge on any atom is -0.497 e. The molecule has 2 aromatic heterocycles. The molecular formula is C67H69N9O13. The van der Waals surface area contributed by atoms with Gasteiger partial charge in [-0.3, -0.25) is 14.4 Å². The van der Waals surface area contributed by atoms with Crippen molar-refractivity contribution in [2.75, 3.05) is 54.2 Å². The number of fused-ring (bicyclic) bond motifs is 9. The van der Waals surface area contributed by atoms with E-state index < -0.39 is 5.97 Å². The average molecular weight is 1210 g/mol. The van der Waals surface area contributed by atoms with Crippen molar-refractivity contribution in [3.05, 3.63) is 172 Å². The summed E-state index contributed by atoms with van der Waals surface area (Å²) in [6.07, 6.45) is 5.04. The number of aliphatic hydroxyl groups is 2. The Morgan fingerprint density at radius 3 is 1.31 bits per heavy atom. The third-order valence-corrected chi connectivity index (χ3v) is 17.5. The van der Waals surface area contributed by atoms with E-state index in [9.17, 15) is 29.4 Å². The number of likely N-dealkylation sites (tertiary alicyclic amines) is 3. The molecule has 3 saturated heterocycles. The molecule has 3 amide bonds. The average Bonchev–Trinajstić information content (AvgIpc) is 2.03. The second kappa shape index (κ2) is 26.6. The number of hydrogen-bond acceptors (Lipinski definition) is 17. The summed E-state index contributed by atoms with van der Waals surface area (Å²) >= 11 is 0. The van der Waals surface area contributed by atoms with Gasteiger partial charge in [0.1, 0.15) is 17.2 Å². The van der Waals surface area contributed by atoms with Gasteiger partial charge in [-0.15, -0.1) is 0 Å².